The van der Waals surface area contributed by atoms with Gasteiger partial charge in [0.25, 0.3) is 0 Å². The highest BCUT2D eigenvalue weighted by Gasteiger charge is 2.52. The Hall–Kier alpha value is -0.640. The summed E-state index contributed by atoms with van der Waals surface area (Å²) in [5, 5.41) is 3.29. The lowest BCUT2D eigenvalue weighted by Gasteiger charge is -2.05. The summed E-state index contributed by atoms with van der Waals surface area (Å²) < 4.78 is 12.2. The first-order chi connectivity index (χ1) is 8.68. The second-order valence-corrected chi connectivity index (χ2v) is 6.33. The first-order valence-electron chi connectivity index (χ1n) is 6.71. The number of hydrogen-bond acceptors (Lipinski definition) is 2. The van der Waals surface area contributed by atoms with Crippen LogP contribution in [0.15, 0.2) is 24.4 Å². The molecule has 1 aliphatic carbocycles. The van der Waals surface area contributed by atoms with E-state index in [2.05, 4.69) is 26.2 Å². The fraction of sp³-hybridized carbons (Fsp3) is 0.643. The Bertz CT molecular complexity index is 356. The maximum Gasteiger partial charge on any atom is 0.168 e. The number of nitrogens with one attached hydrogen (secondary N) is 1. The predicted octanol–water partition coefficient (Wildman–Crippen LogP) is 4.52. The van der Waals surface area contributed by atoms with Crippen LogP contribution in [0.5, 0.6) is 0 Å². The van der Waals surface area contributed by atoms with Gasteiger partial charge in [-0.25, -0.2) is 9.37 Å². The predicted molar refractivity (Wildman–Crippen MR) is 76.7 cm³/mol. The molecule has 0 bridgehead atoms. The van der Waals surface area contributed by atoms with E-state index in [-0.39, 0.29) is 5.92 Å². The molecule has 1 aromatic heterocycles. The Kier molecular flexibility index (Phi) is 4.98. The van der Waals surface area contributed by atoms with Gasteiger partial charge >= 0.3 is 0 Å². The number of nitrogens with zero attached hydrogens (tertiary/aromatic N) is 1. The number of rotatable bonds is 8. The minimum Gasteiger partial charge on any atom is -0.370 e. The van der Waals surface area contributed by atoms with E-state index >= 15 is 0 Å². The van der Waals surface area contributed by atoms with Crippen LogP contribution in [0.4, 0.5) is 10.2 Å². The molecule has 1 N–H and O–H groups in total. The molecule has 0 saturated heterocycles. The minimum atomic E-state index is -1.02. The second kappa shape index (κ2) is 6.50. The van der Waals surface area contributed by atoms with Crippen molar-refractivity contribution in [3.8, 4) is 0 Å². The van der Waals surface area contributed by atoms with Gasteiger partial charge in [-0.05, 0) is 47.3 Å². The van der Waals surface area contributed by atoms with Gasteiger partial charge in [-0.1, -0.05) is 25.3 Å². The normalized spacial score (nSPS) is 26.0. The molecule has 2 rings (SSSR count). The van der Waals surface area contributed by atoms with Crippen molar-refractivity contribution >= 4 is 21.7 Å². The Morgan fingerprint density at radius 1 is 1.33 bits per heavy atom. The maximum atomic E-state index is 13.2. The molecule has 1 heterocycles. The summed E-state index contributed by atoms with van der Waals surface area (Å²) in [6.45, 7) is 0.964. The van der Waals surface area contributed by atoms with Crippen LogP contribution in [0, 0.1) is 5.92 Å². The van der Waals surface area contributed by atoms with Gasteiger partial charge in [-0.2, -0.15) is 0 Å². The molecule has 1 aromatic rings. The van der Waals surface area contributed by atoms with Gasteiger partial charge in [-0.15, -0.1) is 0 Å². The molecule has 2 unspecified atom stereocenters. The summed E-state index contributed by atoms with van der Waals surface area (Å²) in [4.78, 5) is 4.20. The van der Waals surface area contributed by atoms with E-state index in [1.165, 1.54) is 12.8 Å². The van der Waals surface area contributed by atoms with E-state index in [1.807, 2.05) is 18.2 Å². The number of halogens is 2. The summed E-state index contributed by atoms with van der Waals surface area (Å²) >= 11 is 3.09. The highest BCUT2D eigenvalue weighted by atomic mass is 79.9. The van der Waals surface area contributed by atoms with E-state index in [4.69, 9.17) is 0 Å². The van der Waals surface area contributed by atoms with Gasteiger partial charge in [-0.3, -0.25) is 0 Å². The van der Waals surface area contributed by atoms with Crippen molar-refractivity contribution in [2.45, 2.75) is 43.1 Å². The first-order valence-corrected chi connectivity index (χ1v) is 7.50. The third-order valence-corrected chi connectivity index (χ3v) is 4.38. The Balaban J connectivity index is 1.43. The van der Waals surface area contributed by atoms with Crippen LogP contribution >= 0.6 is 15.9 Å². The van der Waals surface area contributed by atoms with Crippen LogP contribution in [0.25, 0.3) is 0 Å². The minimum absolute atomic E-state index is 0.268. The van der Waals surface area contributed by atoms with Crippen molar-refractivity contribution in [2.75, 3.05) is 11.9 Å². The van der Waals surface area contributed by atoms with E-state index in [0.717, 1.165) is 31.6 Å². The summed E-state index contributed by atoms with van der Waals surface area (Å²) in [6, 6.07) is 5.87. The molecule has 2 nitrogen and oxygen atoms in total. The van der Waals surface area contributed by atoms with E-state index in [1.54, 1.807) is 6.20 Å². The first kappa shape index (κ1) is 13.8. The largest absolute Gasteiger partial charge is 0.370 e. The third-order valence-electron chi connectivity index (χ3n) is 3.41. The standard InChI is InChI=1S/C14H20BrFN2/c15-14(16)11-12(14)7-3-1-2-5-9-17-13-8-4-6-10-18-13/h4,6,8,10,12H,1-3,5,7,9,11H2,(H,17,18). The van der Waals surface area contributed by atoms with Crippen LogP contribution in [0.1, 0.15) is 38.5 Å². The Morgan fingerprint density at radius 2 is 2.11 bits per heavy atom. The monoisotopic (exact) mass is 314 g/mol. The summed E-state index contributed by atoms with van der Waals surface area (Å²) in [5.74, 6) is 1.21. The van der Waals surface area contributed by atoms with Gasteiger partial charge < -0.3 is 5.32 Å². The Labute approximate surface area is 117 Å². The molecule has 1 saturated carbocycles. The molecule has 4 heteroatoms. The quantitative estimate of drug-likeness (QED) is 0.563. The lowest BCUT2D eigenvalue weighted by molar-refractivity contribution is 0.400. The van der Waals surface area contributed by atoms with Crippen LogP contribution in [0.3, 0.4) is 0 Å². The highest BCUT2D eigenvalue weighted by Crippen LogP contribution is 2.54. The summed E-state index contributed by atoms with van der Waals surface area (Å²) in [5.41, 5.74) is 0. The number of hydrogen-bond donors (Lipinski definition) is 1. The highest BCUT2D eigenvalue weighted by molar-refractivity contribution is 9.10. The summed E-state index contributed by atoms with van der Waals surface area (Å²) in [6.07, 6.45) is 8.21. The number of pyridine rings is 1. The average Bonchev–Trinajstić information content (AvgIpc) is 2.97. The van der Waals surface area contributed by atoms with Crippen molar-refractivity contribution in [3.05, 3.63) is 24.4 Å². The molecule has 1 fully saturated rings. The zero-order valence-electron chi connectivity index (χ0n) is 10.5. The van der Waals surface area contributed by atoms with Crippen molar-refractivity contribution in [3.63, 3.8) is 0 Å². The molecule has 0 radical (unpaired) electrons. The molecule has 100 valence electrons. The number of aromatic nitrogens is 1. The van der Waals surface area contributed by atoms with Crippen molar-refractivity contribution in [1.29, 1.82) is 0 Å². The molecule has 1 aliphatic rings. The molecule has 0 spiro atoms. The summed E-state index contributed by atoms with van der Waals surface area (Å²) in [7, 11) is 0. The number of alkyl halides is 2. The van der Waals surface area contributed by atoms with Crippen LogP contribution in [0.2, 0.25) is 0 Å². The molecule has 0 amide bonds. The zero-order valence-corrected chi connectivity index (χ0v) is 12.1. The molecule has 18 heavy (non-hydrogen) atoms. The van der Waals surface area contributed by atoms with Crippen LogP contribution in [-0.2, 0) is 0 Å². The van der Waals surface area contributed by atoms with Crippen LogP contribution < -0.4 is 5.32 Å². The van der Waals surface area contributed by atoms with E-state index in [0.29, 0.717) is 6.42 Å². The number of unbranched alkanes of at least 4 members (excludes halogenated alkanes) is 3. The third kappa shape index (κ3) is 4.56. The van der Waals surface area contributed by atoms with Gasteiger partial charge in [0.05, 0.1) is 0 Å². The smallest absolute Gasteiger partial charge is 0.168 e. The second-order valence-electron chi connectivity index (χ2n) is 5.01. The zero-order chi connectivity index (χ0) is 12.8. The van der Waals surface area contributed by atoms with E-state index < -0.39 is 4.58 Å². The van der Waals surface area contributed by atoms with Crippen LogP contribution in [-0.4, -0.2) is 16.1 Å². The molecule has 0 aromatic carbocycles. The topological polar surface area (TPSA) is 24.9 Å². The Morgan fingerprint density at radius 3 is 2.78 bits per heavy atom. The van der Waals surface area contributed by atoms with Crippen molar-refractivity contribution in [2.24, 2.45) is 5.92 Å². The fourth-order valence-corrected chi connectivity index (χ4v) is 2.76. The van der Waals surface area contributed by atoms with Gasteiger partial charge in [0.1, 0.15) is 5.82 Å². The lowest BCUT2D eigenvalue weighted by Crippen LogP contribution is -2.02. The SMILES string of the molecule is FC1(Br)CC1CCCCCCNc1ccccn1. The maximum absolute atomic E-state index is 13.2. The average molecular weight is 315 g/mol. The van der Waals surface area contributed by atoms with Crippen molar-refractivity contribution in [1.82, 2.24) is 4.98 Å². The van der Waals surface area contributed by atoms with Gasteiger partial charge in [0.15, 0.2) is 4.58 Å². The van der Waals surface area contributed by atoms with Gasteiger partial charge in [0, 0.05) is 18.7 Å². The molecular weight excluding hydrogens is 295 g/mol. The molecule has 2 atom stereocenters. The van der Waals surface area contributed by atoms with E-state index in [9.17, 15) is 4.39 Å². The fourth-order valence-electron chi connectivity index (χ4n) is 2.14. The van der Waals surface area contributed by atoms with Crippen molar-refractivity contribution < 1.29 is 4.39 Å². The number of anilines is 1. The lowest BCUT2D eigenvalue weighted by atomic mass is 10.1. The molecule has 0 aliphatic heterocycles. The molecular formula is C14H20BrFN2. The van der Waals surface area contributed by atoms with Gasteiger partial charge in [0.2, 0.25) is 0 Å².